The van der Waals surface area contributed by atoms with Crippen molar-refractivity contribution < 1.29 is 19.1 Å². The molecular weight excluding hydrogens is 342 g/mol. The lowest BCUT2D eigenvalue weighted by atomic mass is 9.91. The molecule has 0 bridgehead atoms. The maximum Gasteiger partial charge on any atom is 0.411 e. The van der Waals surface area contributed by atoms with E-state index in [1.54, 1.807) is 6.92 Å². The highest BCUT2D eigenvalue weighted by molar-refractivity contribution is 5.89. The minimum atomic E-state index is -1.22. The second-order valence-corrected chi connectivity index (χ2v) is 7.86. The molecule has 0 spiro atoms. The smallest absolute Gasteiger partial charge is 0.411 e. The van der Waals surface area contributed by atoms with Gasteiger partial charge in [0.2, 0.25) is 0 Å². The molecule has 1 unspecified atom stereocenters. The quantitative estimate of drug-likeness (QED) is 0.755. The summed E-state index contributed by atoms with van der Waals surface area (Å²) in [5, 5.41) is 0. The van der Waals surface area contributed by atoms with Gasteiger partial charge >= 0.3 is 12.1 Å². The Kier molecular flexibility index (Phi) is 4.96. The number of carbonyl (C=O) groups excluding carboxylic acids is 2. The maximum absolute atomic E-state index is 13.1. The van der Waals surface area contributed by atoms with Crippen LogP contribution < -0.4 is 0 Å². The minimum absolute atomic E-state index is 0.150. The van der Waals surface area contributed by atoms with Crippen LogP contribution in [0.25, 0.3) is 0 Å². The fourth-order valence-corrected chi connectivity index (χ4v) is 3.25. The van der Waals surface area contributed by atoms with Crippen molar-refractivity contribution in [2.45, 2.75) is 52.0 Å². The van der Waals surface area contributed by atoms with Crippen molar-refractivity contribution in [3.8, 4) is 0 Å². The Morgan fingerprint density at radius 1 is 1.04 bits per heavy atom. The molecule has 1 aliphatic heterocycles. The first-order valence-electron chi connectivity index (χ1n) is 9.02. The summed E-state index contributed by atoms with van der Waals surface area (Å²) >= 11 is 0. The normalized spacial score (nSPS) is 18.7. The van der Waals surface area contributed by atoms with Crippen molar-refractivity contribution in [3.63, 3.8) is 0 Å². The molecule has 2 aromatic rings. The largest absolute Gasteiger partial charge is 0.458 e. The molecule has 0 saturated heterocycles. The van der Waals surface area contributed by atoms with Crippen molar-refractivity contribution in [2.75, 3.05) is 0 Å². The molecule has 5 nitrogen and oxygen atoms in total. The summed E-state index contributed by atoms with van der Waals surface area (Å²) < 4.78 is 11.1. The predicted molar refractivity (Wildman–Crippen MR) is 102 cm³/mol. The highest BCUT2D eigenvalue weighted by Gasteiger charge is 2.52. The average molecular weight is 367 g/mol. The fraction of sp³-hybridized carbons (Fsp3) is 0.364. The number of ether oxygens (including phenoxy) is 2. The topological polar surface area (TPSA) is 55.8 Å². The van der Waals surface area contributed by atoms with Crippen LogP contribution in [-0.2, 0) is 33.0 Å². The van der Waals surface area contributed by atoms with Gasteiger partial charge < -0.3 is 9.47 Å². The van der Waals surface area contributed by atoms with E-state index in [-0.39, 0.29) is 6.61 Å². The number of hydrogen-bond donors (Lipinski definition) is 0. The third kappa shape index (κ3) is 3.82. The fourth-order valence-electron chi connectivity index (χ4n) is 3.25. The monoisotopic (exact) mass is 367 g/mol. The van der Waals surface area contributed by atoms with E-state index < -0.39 is 23.2 Å². The Labute approximate surface area is 159 Å². The number of rotatable bonds is 3. The van der Waals surface area contributed by atoms with E-state index in [0.29, 0.717) is 6.54 Å². The van der Waals surface area contributed by atoms with Crippen LogP contribution in [0.3, 0.4) is 0 Å². The number of nitrogens with zero attached hydrogens (tertiary/aromatic N) is 1. The SMILES string of the molecule is CC(C)(C)OC(=O)C1(C)c2ccccc2CN1C(=O)OCc1ccccc1. The van der Waals surface area contributed by atoms with E-state index in [1.807, 2.05) is 75.4 Å². The highest BCUT2D eigenvalue weighted by atomic mass is 16.6. The van der Waals surface area contributed by atoms with Crippen LogP contribution in [0.1, 0.15) is 44.4 Å². The van der Waals surface area contributed by atoms with Crippen molar-refractivity contribution >= 4 is 12.1 Å². The number of esters is 1. The van der Waals surface area contributed by atoms with Gasteiger partial charge in [-0.25, -0.2) is 9.59 Å². The number of hydrogen-bond acceptors (Lipinski definition) is 4. The van der Waals surface area contributed by atoms with Gasteiger partial charge in [-0.1, -0.05) is 54.6 Å². The van der Waals surface area contributed by atoms with E-state index in [9.17, 15) is 9.59 Å². The van der Waals surface area contributed by atoms with Gasteiger partial charge in [0, 0.05) is 0 Å². The standard InChI is InChI=1S/C22H25NO4/c1-21(2,3)27-19(24)22(4)18-13-9-8-12-17(18)14-23(22)20(25)26-15-16-10-6-5-7-11-16/h5-13H,14-15H2,1-4H3. The van der Waals surface area contributed by atoms with Gasteiger partial charge in [-0.05, 0) is 44.4 Å². The van der Waals surface area contributed by atoms with Crippen molar-refractivity contribution in [2.24, 2.45) is 0 Å². The molecule has 1 heterocycles. The second-order valence-electron chi connectivity index (χ2n) is 7.86. The lowest BCUT2D eigenvalue weighted by molar-refractivity contribution is -0.168. The first-order valence-corrected chi connectivity index (χ1v) is 9.02. The summed E-state index contributed by atoms with van der Waals surface area (Å²) in [6.07, 6.45) is -0.539. The molecule has 27 heavy (non-hydrogen) atoms. The second kappa shape index (κ2) is 7.06. The summed E-state index contributed by atoms with van der Waals surface area (Å²) in [6.45, 7) is 7.61. The van der Waals surface area contributed by atoms with Crippen LogP contribution in [0.4, 0.5) is 4.79 Å². The molecule has 0 saturated carbocycles. The number of benzene rings is 2. The summed E-state index contributed by atoms with van der Waals surface area (Å²) in [5.41, 5.74) is 0.703. The first kappa shape index (κ1) is 19.0. The van der Waals surface area contributed by atoms with Crippen LogP contribution >= 0.6 is 0 Å². The molecule has 1 amide bonds. The van der Waals surface area contributed by atoms with Crippen LogP contribution in [0.15, 0.2) is 54.6 Å². The zero-order chi connectivity index (χ0) is 19.7. The van der Waals surface area contributed by atoms with Gasteiger partial charge in [-0.3, -0.25) is 4.90 Å². The first-order chi connectivity index (χ1) is 12.7. The highest BCUT2D eigenvalue weighted by Crippen LogP contribution is 2.41. The molecule has 0 fully saturated rings. The zero-order valence-corrected chi connectivity index (χ0v) is 16.2. The third-order valence-electron chi connectivity index (χ3n) is 4.63. The van der Waals surface area contributed by atoms with Crippen LogP contribution in [0, 0.1) is 0 Å². The van der Waals surface area contributed by atoms with Crippen LogP contribution in [0.2, 0.25) is 0 Å². The molecule has 0 radical (unpaired) electrons. The predicted octanol–water partition coefficient (Wildman–Crippen LogP) is 4.40. The van der Waals surface area contributed by atoms with Gasteiger partial charge in [0.25, 0.3) is 0 Å². The molecule has 3 rings (SSSR count). The molecule has 1 atom stereocenters. The third-order valence-corrected chi connectivity index (χ3v) is 4.63. The molecule has 1 aliphatic rings. The van der Waals surface area contributed by atoms with Crippen molar-refractivity contribution in [1.29, 1.82) is 0 Å². The Hall–Kier alpha value is -2.82. The molecule has 0 N–H and O–H groups in total. The van der Waals surface area contributed by atoms with Gasteiger partial charge in [-0.2, -0.15) is 0 Å². The number of carbonyl (C=O) groups is 2. The summed E-state index contributed by atoms with van der Waals surface area (Å²) in [4.78, 5) is 27.4. The average Bonchev–Trinajstić information content (AvgIpc) is 2.94. The van der Waals surface area contributed by atoms with Gasteiger partial charge in [0.1, 0.15) is 12.2 Å². The maximum atomic E-state index is 13.1. The number of fused-ring (bicyclic) bond motifs is 1. The van der Waals surface area contributed by atoms with E-state index in [1.165, 1.54) is 4.90 Å². The van der Waals surface area contributed by atoms with Crippen LogP contribution in [-0.4, -0.2) is 22.6 Å². The number of amides is 1. The van der Waals surface area contributed by atoms with E-state index in [0.717, 1.165) is 16.7 Å². The molecule has 0 aliphatic carbocycles. The van der Waals surface area contributed by atoms with E-state index >= 15 is 0 Å². The van der Waals surface area contributed by atoms with E-state index in [4.69, 9.17) is 9.47 Å². The van der Waals surface area contributed by atoms with E-state index in [2.05, 4.69) is 0 Å². The van der Waals surface area contributed by atoms with Crippen molar-refractivity contribution in [3.05, 3.63) is 71.3 Å². The Morgan fingerprint density at radius 3 is 2.33 bits per heavy atom. The Morgan fingerprint density at radius 2 is 1.67 bits per heavy atom. The molecule has 5 heteroatoms. The summed E-state index contributed by atoms with van der Waals surface area (Å²) in [7, 11) is 0. The molecular formula is C22H25NO4. The lowest BCUT2D eigenvalue weighted by Crippen LogP contribution is -2.50. The van der Waals surface area contributed by atoms with Gasteiger partial charge in [-0.15, -0.1) is 0 Å². The Bertz CT molecular complexity index is 841. The summed E-state index contributed by atoms with van der Waals surface area (Å²) in [6, 6.07) is 17.0. The summed E-state index contributed by atoms with van der Waals surface area (Å²) in [5.74, 6) is -0.461. The molecule has 142 valence electrons. The van der Waals surface area contributed by atoms with Crippen molar-refractivity contribution in [1.82, 2.24) is 4.90 Å². The molecule has 2 aromatic carbocycles. The van der Waals surface area contributed by atoms with Gasteiger partial charge in [0.05, 0.1) is 6.54 Å². The van der Waals surface area contributed by atoms with Crippen LogP contribution in [0.5, 0.6) is 0 Å². The minimum Gasteiger partial charge on any atom is -0.458 e. The Balaban J connectivity index is 1.86. The molecule has 0 aromatic heterocycles. The van der Waals surface area contributed by atoms with Gasteiger partial charge in [0.15, 0.2) is 5.54 Å². The zero-order valence-electron chi connectivity index (χ0n) is 16.2. The lowest BCUT2D eigenvalue weighted by Gasteiger charge is -2.35.